The number of allylic oxidation sites excluding steroid dienone is 1. The molecule has 3 rings (SSSR count). The zero-order chi connectivity index (χ0) is 20.7. The Morgan fingerprint density at radius 1 is 1.36 bits per heavy atom. The Balaban J connectivity index is 2.21. The summed E-state index contributed by atoms with van der Waals surface area (Å²) in [6.07, 6.45) is 3.55. The lowest BCUT2D eigenvalue weighted by Crippen LogP contribution is -2.56. The van der Waals surface area contributed by atoms with Crippen LogP contribution in [0.2, 0.25) is 0 Å². The molecule has 10 nitrogen and oxygen atoms in total. The number of nitrogens with zero attached hydrogens (tertiary/aromatic N) is 3. The van der Waals surface area contributed by atoms with Crippen molar-refractivity contribution in [2.45, 2.75) is 37.6 Å². The smallest absolute Gasteiger partial charge is 0.230 e. The molecule has 154 valence electrons. The first kappa shape index (κ1) is 20.3. The molecule has 0 aliphatic carbocycles. The maximum Gasteiger partial charge on any atom is 0.230 e. The number of aromatic nitrogens is 2. The number of morpholine rings is 1. The number of ether oxygens (including phenoxy) is 2. The molecule has 1 fully saturated rings. The van der Waals surface area contributed by atoms with Gasteiger partial charge in [0, 0.05) is 12.5 Å². The van der Waals surface area contributed by atoms with Crippen LogP contribution in [-0.2, 0) is 19.3 Å². The molecule has 0 saturated carbocycles. The monoisotopic (exact) mass is 410 g/mol. The summed E-state index contributed by atoms with van der Waals surface area (Å²) in [7, 11) is -3.51. The van der Waals surface area contributed by atoms with Crippen molar-refractivity contribution in [3.05, 3.63) is 17.6 Å². The van der Waals surface area contributed by atoms with E-state index < -0.39 is 14.6 Å². The SMILES string of the molecule is C[C@@H]1COCC2COc3c(nc(N/C(N)=C/C=N)nc3C(C)(C)S(C)(=O)=O)N21. The van der Waals surface area contributed by atoms with Crippen molar-refractivity contribution in [3.63, 3.8) is 0 Å². The minimum Gasteiger partial charge on any atom is -0.486 e. The van der Waals surface area contributed by atoms with Gasteiger partial charge in [0.25, 0.3) is 0 Å². The third kappa shape index (κ3) is 3.51. The van der Waals surface area contributed by atoms with Crippen molar-refractivity contribution < 1.29 is 17.9 Å². The minimum absolute atomic E-state index is 0.0253. The Hall–Kier alpha value is -2.40. The summed E-state index contributed by atoms with van der Waals surface area (Å²) in [5, 5.41) is 9.96. The summed E-state index contributed by atoms with van der Waals surface area (Å²) in [5.41, 5.74) is 6.10. The van der Waals surface area contributed by atoms with Crippen LogP contribution in [0, 0.1) is 5.41 Å². The molecule has 11 heteroatoms. The largest absolute Gasteiger partial charge is 0.486 e. The lowest BCUT2D eigenvalue weighted by atomic mass is 10.0. The van der Waals surface area contributed by atoms with Crippen LogP contribution < -0.4 is 20.7 Å². The first-order valence-electron chi connectivity index (χ1n) is 8.90. The fraction of sp³-hybridized carbons (Fsp3) is 0.588. The summed E-state index contributed by atoms with van der Waals surface area (Å²) in [4.78, 5) is 11.1. The topological polar surface area (TPSA) is 144 Å². The van der Waals surface area contributed by atoms with Gasteiger partial charge in [0.05, 0.1) is 25.3 Å². The van der Waals surface area contributed by atoms with Gasteiger partial charge in [0.15, 0.2) is 21.4 Å². The van der Waals surface area contributed by atoms with Crippen molar-refractivity contribution in [3.8, 4) is 5.75 Å². The number of fused-ring (bicyclic) bond motifs is 3. The second kappa shape index (κ2) is 7.21. The highest BCUT2D eigenvalue weighted by Crippen LogP contribution is 2.44. The molecule has 0 amide bonds. The summed E-state index contributed by atoms with van der Waals surface area (Å²) < 4.78 is 35.2. The molecule has 3 heterocycles. The van der Waals surface area contributed by atoms with Crippen LogP contribution in [0.5, 0.6) is 5.75 Å². The van der Waals surface area contributed by atoms with E-state index in [2.05, 4.69) is 20.2 Å². The second-order valence-corrected chi connectivity index (χ2v) is 10.1. The molecule has 2 aliphatic heterocycles. The van der Waals surface area contributed by atoms with E-state index in [0.29, 0.717) is 31.4 Å². The zero-order valence-corrected chi connectivity index (χ0v) is 17.2. The number of rotatable bonds is 5. The normalized spacial score (nSPS) is 22.7. The Morgan fingerprint density at radius 3 is 2.71 bits per heavy atom. The van der Waals surface area contributed by atoms with Crippen molar-refractivity contribution in [2.75, 3.05) is 36.3 Å². The van der Waals surface area contributed by atoms with E-state index in [1.165, 1.54) is 12.3 Å². The molecule has 0 bridgehead atoms. The van der Waals surface area contributed by atoms with Gasteiger partial charge in [-0.3, -0.25) is 0 Å². The first-order valence-corrected chi connectivity index (χ1v) is 10.8. The Morgan fingerprint density at radius 2 is 2.07 bits per heavy atom. The Bertz CT molecular complexity index is 914. The predicted molar refractivity (Wildman–Crippen MR) is 107 cm³/mol. The molecule has 1 saturated heterocycles. The average Bonchev–Trinajstić information content (AvgIpc) is 2.60. The molecule has 2 aliphatic rings. The van der Waals surface area contributed by atoms with Crippen LogP contribution in [0.4, 0.5) is 11.8 Å². The fourth-order valence-electron chi connectivity index (χ4n) is 3.23. The van der Waals surface area contributed by atoms with Gasteiger partial charge in [-0.15, -0.1) is 0 Å². The summed E-state index contributed by atoms with van der Waals surface area (Å²) in [6, 6.07) is 0.00969. The van der Waals surface area contributed by atoms with Crippen LogP contribution in [-0.4, -0.2) is 62.8 Å². The summed E-state index contributed by atoms with van der Waals surface area (Å²) in [5.74, 6) is 1.19. The molecule has 0 aromatic carbocycles. The number of nitrogens with two attached hydrogens (primary N) is 1. The van der Waals surface area contributed by atoms with Gasteiger partial charge in [0.2, 0.25) is 5.95 Å². The quantitative estimate of drug-likeness (QED) is 0.594. The molecule has 0 radical (unpaired) electrons. The van der Waals surface area contributed by atoms with Crippen molar-refractivity contribution in [2.24, 2.45) is 5.73 Å². The van der Waals surface area contributed by atoms with Gasteiger partial charge in [-0.2, -0.15) is 4.98 Å². The van der Waals surface area contributed by atoms with E-state index in [1.54, 1.807) is 13.8 Å². The number of anilines is 2. The number of nitrogens with one attached hydrogen (secondary N) is 2. The van der Waals surface area contributed by atoms with Crippen LogP contribution in [0.3, 0.4) is 0 Å². The Labute approximate surface area is 164 Å². The van der Waals surface area contributed by atoms with Gasteiger partial charge < -0.3 is 30.8 Å². The maximum absolute atomic E-state index is 12.5. The van der Waals surface area contributed by atoms with Crippen LogP contribution in [0.15, 0.2) is 11.9 Å². The molecule has 4 N–H and O–H groups in total. The first-order chi connectivity index (χ1) is 13.1. The van der Waals surface area contributed by atoms with Crippen LogP contribution >= 0.6 is 0 Å². The van der Waals surface area contributed by atoms with Crippen LogP contribution in [0.25, 0.3) is 0 Å². The number of sulfone groups is 1. The third-order valence-corrected chi connectivity index (χ3v) is 7.11. The fourth-order valence-corrected chi connectivity index (χ4v) is 3.72. The van der Waals surface area contributed by atoms with Crippen LogP contribution in [0.1, 0.15) is 26.5 Å². The maximum atomic E-state index is 12.5. The molecule has 1 unspecified atom stereocenters. The van der Waals surface area contributed by atoms with Gasteiger partial charge in [-0.05, 0) is 26.8 Å². The van der Waals surface area contributed by atoms with E-state index >= 15 is 0 Å². The lowest BCUT2D eigenvalue weighted by Gasteiger charge is -2.45. The molecular formula is C17H26N6O4S. The van der Waals surface area contributed by atoms with E-state index in [0.717, 1.165) is 6.21 Å². The average molecular weight is 411 g/mol. The van der Waals surface area contributed by atoms with E-state index in [4.69, 9.17) is 20.6 Å². The summed E-state index contributed by atoms with van der Waals surface area (Å²) in [6.45, 7) is 6.57. The molecular weight excluding hydrogens is 384 g/mol. The molecule has 1 aromatic heterocycles. The van der Waals surface area contributed by atoms with Gasteiger partial charge >= 0.3 is 0 Å². The van der Waals surface area contributed by atoms with Crippen molar-refractivity contribution >= 4 is 27.8 Å². The van der Waals surface area contributed by atoms with Gasteiger partial charge in [-0.1, -0.05) is 0 Å². The summed E-state index contributed by atoms with van der Waals surface area (Å²) >= 11 is 0. The van der Waals surface area contributed by atoms with E-state index in [-0.39, 0.29) is 29.5 Å². The van der Waals surface area contributed by atoms with E-state index in [9.17, 15) is 8.42 Å². The van der Waals surface area contributed by atoms with Crippen molar-refractivity contribution in [1.29, 1.82) is 5.41 Å². The molecule has 28 heavy (non-hydrogen) atoms. The minimum atomic E-state index is -3.51. The highest BCUT2D eigenvalue weighted by atomic mass is 32.2. The lowest BCUT2D eigenvalue weighted by molar-refractivity contribution is 0.0482. The van der Waals surface area contributed by atoms with E-state index in [1.807, 2.05) is 6.92 Å². The van der Waals surface area contributed by atoms with Gasteiger partial charge in [0.1, 0.15) is 22.9 Å². The van der Waals surface area contributed by atoms with Crippen molar-refractivity contribution in [1.82, 2.24) is 9.97 Å². The predicted octanol–water partition coefficient (Wildman–Crippen LogP) is 0.604. The van der Waals surface area contributed by atoms with Gasteiger partial charge in [-0.25, -0.2) is 13.4 Å². The molecule has 1 aromatic rings. The highest BCUT2D eigenvalue weighted by Gasteiger charge is 2.43. The molecule has 0 spiro atoms. The standard InChI is InChI=1S/C17H26N6O4S/c1-10-7-26-8-11-9-27-13-14(17(2,3)28(4,24)25)21-16(20-12(19)5-6-18)22-15(13)23(10)11/h5-6,10-11,18H,7-9,19H2,1-4H3,(H,20,21,22)/b12-5+,18-6?/t10-,11?/m1/s1. The Kier molecular flexibility index (Phi) is 5.24. The number of hydrogen-bond donors (Lipinski definition) is 3. The zero-order valence-electron chi connectivity index (χ0n) is 16.4. The third-order valence-electron chi connectivity index (χ3n) is 5.07. The highest BCUT2D eigenvalue weighted by molar-refractivity contribution is 7.91. The second-order valence-electron chi connectivity index (χ2n) is 7.50. The number of hydrogen-bond acceptors (Lipinski definition) is 10. The molecule has 2 atom stereocenters.